The van der Waals surface area contributed by atoms with E-state index in [0.29, 0.717) is 24.6 Å². The van der Waals surface area contributed by atoms with Gasteiger partial charge in [0, 0.05) is 31.5 Å². The fourth-order valence-corrected chi connectivity index (χ4v) is 3.76. The molecule has 0 bridgehead atoms. The third-order valence-electron chi connectivity index (χ3n) is 5.52. The standard InChI is InChI=1S/C20H25N3O3/c1-15-4-2-5-16(14-15)19-21-17(26-22-19)6-3-7-18(24)23-11-8-20(9-12-23)10-13-25-20/h2,4-5,14H,3,6-13H2,1H3. The SMILES string of the molecule is Cc1cccc(-c2noc(CCCC(=O)N3CCC4(CCO4)CC3)n2)c1. The molecule has 0 unspecified atom stereocenters. The predicted octanol–water partition coefficient (Wildman–Crippen LogP) is 3.15. The molecule has 0 saturated carbocycles. The van der Waals surface area contributed by atoms with Crippen molar-refractivity contribution in [1.82, 2.24) is 15.0 Å². The Hall–Kier alpha value is -2.21. The van der Waals surface area contributed by atoms with E-state index in [1.165, 1.54) is 0 Å². The minimum atomic E-state index is 0.0900. The van der Waals surface area contributed by atoms with E-state index in [1.54, 1.807) is 0 Å². The van der Waals surface area contributed by atoms with Gasteiger partial charge in [-0.2, -0.15) is 4.98 Å². The maximum Gasteiger partial charge on any atom is 0.226 e. The first-order valence-corrected chi connectivity index (χ1v) is 9.45. The van der Waals surface area contributed by atoms with Gasteiger partial charge in [0.2, 0.25) is 17.6 Å². The number of likely N-dealkylation sites (tertiary alicyclic amines) is 1. The van der Waals surface area contributed by atoms with Crippen LogP contribution in [-0.2, 0) is 16.0 Å². The zero-order valence-corrected chi connectivity index (χ0v) is 15.2. The summed E-state index contributed by atoms with van der Waals surface area (Å²) < 4.78 is 11.0. The second kappa shape index (κ2) is 7.19. The second-order valence-electron chi connectivity index (χ2n) is 7.40. The predicted molar refractivity (Wildman–Crippen MR) is 96.5 cm³/mol. The molecule has 2 aromatic rings. The van der Waals surface area contributed by atoms with Crippen LogP contribution >= 0.6 is 0 Å². The highest BCUT2D eigenvalue weighted by Crippen LogP contribution is 2.36. The van der Waals surface area contributed by atoms with Gasteiger partial charge in [0.25, 0.3) is 0 Å². The smallest absolute Gasteiger partial charge is 0.226 e. The number of nitrogens with zero attached hydrogens (tertiary/aromatic N) is 3. The molecule has 6 heteroatoms. The molecule has 0 aliphatic carbocycles. The molecule has 138 valence electrons. The molecule has 0 N–H and O–H groups in total. The Morgan fingerprint density at radius 1 is 1.27 bits per heavy atom. The van der Waals surface area contributed by atoms with Crippen molar-refractivity contribution in [2.75, 3.05) is 19.7 Å². The van der Waals surface area contributed by atoms with E-state index in [4.69, 9.17) is 9.26 Å². The van der Waals surface area contributed by atoms with Gasteiger partial charge in [0.15, 0.2) is 0 Å². The number of ether oxygens (including phenoxy) is 1. The van der Waals surface area contributed by atoms with Gasteiger partial charge in [-0.1, -0.05) is 28.9 Å². The van der Waals surface area contributed by atoms with Gasteiger partial charge in [0.1, 0.15) is 0 Å². The van der Waals surface area contributed by atoms with Gasteiger partial charge in [-0.15, -0.1) is 0 Å². The molecule has 1 aromatic heterocycles. The number of benzene rings is 1. The van der Waals surface area contributed by atoms with Crippen molar-refractivity contribution in [3.63, 3.8) is 0 Å². The Kier molecular flexibility index (Phi) is 4.76. The van der Waals surface area contributed by atoms with Crippen molar-refractivity contribution in [3.05, 3.63) is 35.7 Å². The van der Waals surface area contributed by atoms with Crippen molar-refractivity contribution < 1.29 is 14.1 Å². The Morgan fingerprint density at radius 2 is 2.08 bits per heavy atom. The number of carbonyl (C=O) groups excluding carboxylic acids is 1. The summed E-state index contributed by atoms with van der Waals surface area (Å²) in [5, 5.41) is 4.05. The van der Waals surface area contributed by atoms with Gasteiger partial charge in [0.05, 0.1) is 12.2 Å². The number of amides is 1. The molecule has 0 radical (unpaired) electrons. The van der Waals surface area contributed by atoms with Crippen LogP contribution in [0.5, 0.6) is 0 Å². The lowest BCUT2D eigenvalue weighted by molar-refractivity contribution is -0.176. The molecule has 4 rings (SSSR count). The lowest BCUT2D eigenvalue weighted by Gasteiger charge is -2.47. The molecule has 1 amide bonds. The molecule has 6 nitrogen and oxygen atoms in total. The molecular weight excluding hydrogens is 330 g/mol. The Morgan fingerprint density at radius 3 is 2.77 bits per heavy atom. The molecular formula is C20H25N3O3. The van der Waals surface area contributed by atoms with Crippen LogP contribution in [-0.4, -0.2) is 46.2 Å². The van der Waals surface area contributed by atoms with Crippen LogP contribution in [0, 0.1) is 6.92 Å². The van der Waals surface area contributed by atoms with E-state index >= 15 is 0 Å². The van der Waals surface area contributed by atoms with Crippen LogP contribution in [0.25, 0.3) is 11.4 Å². The van der Waals surface area contributed by atoms with Crippen LogP contribution in [0.3, 0.4) is 0 Å². The number of carbonyl (C=O) groups is 1. The maximum absolute atomic E-state index is 12.4. The van der Waals surface area contributed by atoms with Crippen molar-refractivity contribution in [3.8, 4) is 11.4 Å². The van der Waals surface area contributed by atoms with Crippen molar-refractivity contribution >= 4 is 5.91 Å². The normalized spacial score (nSPS) is 18.7. The number of rotatable bonds is 5. The first-order chi connectivity index (χ1) is 12.6. The largest absolute Gasteiger partial charge is 0.375 e. The van der Waals surface area contributed by atoms with E-state index in [2.05, 4.69) is 10.1 Å². The second-order valence-corrected chi connectivity index (χ2v) is 7.40. The highest BCUT2D eigenvalue weighted by molar-refractivity contribution is 5.76. The van der Waals surface area contributed by atoms with E-state index in [0.717, 1.165) is 56.5 Å². The number of hydrogen-bond donors (Lipinski definition) is 0. The molecule has 26 heavy (non-hydrogen) atoms. The van der Waals surface area contributed by atoms with Crippen LogP contribution in [0.2, 0.25) is 0 Å². The lowest BCUT2D eigenvalue weighted by Crippen LogP contribution is -2.53. The summed E-state index contributed by atoms with van der Waals surface area (Å²) >= 11 is 0. The minimum Gasteiger partial charge on any atom is -0.375 e. The fraction of sp³-hybridized carbons (Fsp3) is 0.550. The molecule has 2 saturated heterocycles. The van der Waals surface area contributed by atoms with Crippen molar-refractivity contribution in [2.24, 2.45) is 0 Å². The van der Waals surface area contributed by atoms with Crippen LogP contribution in [0.15, 0.2) is 28.8 Å². The van der Waals surface area contributed by atoms with Crippen molar-refractivity contribution in [1.29, 1.82) is 0 Å². The summed E-state index contributed by atoms with van der Waals surface area (Å²) in [4.78, 5) is 18.8. The summed E-state index contributed by atoms with van der Waals surface area (Å²) in [6.07, 6.45) is 4.98. The topological polar surface area (TPSA) is 68.5 Å². The minimum absolute atomic E-state index is 0.0900. The molecule has 3 heterocycles. The van der Waals surface area contributed by atoms with Gasteiger partial charge >= 0.3 is 0 Å². The Balaban J connectivity index is 1.24. The van der Waals surface area contributed by atoms with Crippen molar-refractivity contribution in [2.45, 2.75) is 51.0 Å². The number of aromatic nitrogens is 2. The monoisotopic (exact) mass is 355 g/mol. The first-order valence-electron chi connectivity index (χ1n) is 9.45. The van der Waals surface area contributed by atoms with Gasteiger partial charge in [-0.3, -0.25) is 4.79 Å². The van der Waals surface area contributed by atoms with E-state index in [1.807, 2.05) is 36.1 Å². The molecule has 2 fully saturated rings. The molecule has 1 aromatic carbocycles. The zero-order chi connectivity index (χ0) is 18.0. The van der Waals surface area contributed by atoms with Gasteiger partial charge < -0.3 is 14.2 Å². The zero-order valence-electron chi connectivity index (χ0n) is 15.2. The number of piperidine rings is 1. The Bertz CT molecular complexity index is 772. The summed E-state index contributed by atoms with van der Waals surface area (Å²) in [6, 6.07) is 8.03. The highest BCUT2D eigenvalue weighted by Gasteiger charge is 2.41. The van der Waals surface area contributed by atoms with Crippen LogP contribution in [0.1, 0.15) is 43.6 Å². The third-order valence-corrected chi connectivity index (χ3v) is 5.52. The molecule has 2 aliphatic rings. The lowest BCUT2D eigenvalue weighted by atomic mass is 9.84. The Labute approximate surface area is 153 Å². The van der Waals surface area contributed by atoms with Crippen LogP contribution in [0.4, 0.5) is 0 Å². The molecule has 2 aliphatic heterocycles. The summed E-state index contributed by atoms with van der Waals surface area (Å²) in [7, 11) is 0. The fourth-order valence-electron chi connectivity index (χ4n) is 3.76. The summed E-state index contributed by atoms with van der Waals surface area (Å²) in [6.45, 7) is 4.55. The average Bonchev–Trinajstić information content (AvgIpc) is 3.09. The third kappa shape index (κ3) is 3.65. The van der Waals surface area contributed by atoms with E-state index in [-0.39, 0.29) is 11.5 Å². The quantitative estimate of drug-likeness (QED) is 0.824. The first kappa shape index (κ1) is 17.2. The van der Waals surface area contributed by atoms with Gasteiger partial charge in [-0.05, 0) is 38.7 Å². The van der Waals surface area contributed by atoms with Crippen LogP contribution < -0.4 is 0 Å². The number of hydrogen-bond acceptors (Lipinski definition) is 5. The highest BCUT2D eigenvalue weighted by atomic mass is 16.5. The molecule has 1 spiro atoms. The summed E-state index contributed by atoms with van der Waals surface area (Å²) in [5.74, 6) is 1.42. The van der Waals surface area contributed by atoms with Gasteiger partial charge in [-0.25, -0.2) is 0 Å². The van der Waals surface area contributed by atoms with E-state index in [9.17, 15) is 4.79 Å². The van der Waals surface area contributed by atoms with E-state index < -0.39 is 0 Å². The number of aryl methyl sites for hydroxylation is 2. The average molecular weight is 355 g/mol. The molecule has 0 atom stereocenters. The summed E-state index contributed by atoms with van der Waals surface area (Å²) in [5.41, 5.74) is 2.21. The maximum atomic E-state index is 12.4.